The van der Waals surface area contributed by atoms with Crippen LogP contribution in [-0.4, -0.2) is 12.5 Å². The van der Waals surface area contributed by atoms with Crippen LogP contribution in [0.2, 0.25) is 0 Å². The summed E-state index contributed by atoms with van der Waals surface area (Å²) in [6, 6.07) is 22.2. The van der Waals surface area contributed by atoms with Crippen molar-refractivity contribution in [1.29, 1.82) is 0 Å². The molecule has 0 bridgehead atoms. The van der Waals surface area contributed by atoms with Crippen LogP contribution in [0.15, 0.2) is 81.7 Å². The molecule has 0 aliphatic carbocycles. The highest BCUT2D eigenvalue weighted by Crippen LogP contribution is 2.28. The highest BCUT2D eigenvalue weighted by molar-refractivity contribution is 9.11. The molecule has 132 valence electrons. The molecule has 0 aromatic heterocycles. The van der Waals surface area contributed by atoms with Gasteiger partial charge in [0.15, 0.2) is 6.61 Å². The van der Waals surface area contributed by atoms with Gasteiger partial charge in [-0.2, -0.15) is 0 Å². The molecule has 6 heteroatoms. The minimum atomic E-state index is -0.239. The maximum absolute atomic E-state index is 12.0. The lowest BCUT2D eigenvalue weighted by Gasteiger charge is -2.10. The van der Waals surface area contributed by atoms with E-state index in [1.54, 1.807) is 30.3 Å². The van der Waals surface area contributed by atoms with Gasteiger partial charge >= 0.3 is 0 Å². The van der Waals surface area contributed by atoms with E-state index < -0.39 is 0 Å². The molecule has 0 radical (unpaired) electrons. The van der Waals surface area contributed by atoms with E-state index in [-0.39, 0.29) is 12.5 Å². The Labute approximate surface area is 168 Å². The average molecular weight is 477 g/mol. The van der Waals surface area contributed by atoms with Crippen LogP contribution in [0, 0.1) is 0 Å². The zero-order valence-corrected chi connectivity index (χ0v) is 16.8. The molecule has 0 aliphatic rings. The quantitative estimate of drug-likeness (QED) is 0.473. The van der Waals surface area contributed by atoms with Gasteiger partial charge in [0.1, 0.15) is 17.2 Å². The van der Waals surface area contributed by atoms with E-state index in [4.69, 9.17) is 9.47 Å². The number of para-hydroxylation sites is 1. The summed E-state index contributed by atoms with van der Waals surface area (Å²) in [5.41, 5.74) is 0.675. The first-order valence-corrected chi connectivity index (χ1v) is 9.39. The average Bonchev–Trinajstić information content (AvgIpc) is 2.63. The number of ether oxygens (including phenoxy) is 2. The third-order valence-corrected chi connectivity index (χ3v) is 4.48. The minimum Gasteiger partial charge on any atom is -0.483 e. The topological polar surface area (TPSA) is 47.6 Å². The Morgan fingerprint density at radius 3 is 2.27 bits per heavy atom. The molecule has 0 unspecified atom stereocenters. The van der Waals surface area contributed by atoms with Crippen molar-refractivity contribution in [2.75, 3.05) is 11.9 Å². The smallest absolute Gasteiger partial charge is 0.262 e. The van der Waals surface area contributed by atoms with Gasteiger partial charge in [-0.1, -0.05) is 34.1 Å². The van der Waals surface area contributed by atoms with Crippen LogP contribution in [0.5, 0.6) is 17.2 Å². The fourth-order valence-electron chi connectivity index (χ4n) is 2.16. The number of hydrogen-bond acceptors (Lipinski definition) is 3. The highest BCUT2D eigenvalue weighted by Gasteiger charge is 2.07. The Balaban J connectivity index is 1.52. The van der Waals surface area contributed by atoms with Crippen molar-refractivity contribution >= 4 is 43.5 Å². The van der Waals surface area contributed by atoms with Crippen molar-refractivity contribution in [2.24, 2.45) is 0 Å². The molecule has 1 amide bonds. The molecule has 0 saturated heterocycles. The maximum Gasteiger partial charge on any atom is 0.262 e. The third kappa shape index (κ3) is 5.34. The number of benzene rings is 3. The first-order valence-electron chi connectivity index (χ1n) is 7.81. The van der Waals surface area contributed by atoms with Crippen LogP contribution in [0.1, 0.15) is 0 Å². The van der Waals surface area contributed by atoms with Gasteiger partial charge < -0.3 is 14.8 Å². The monoisotopic (exact) mass is 475 g/mol. The van der Waals surface area contributed by atoms with E-state index in [1.165, 1.54) is 0 Å². The van der Waals surface area contributed by atoms with Gasteiger partial charge in [-0.3, -0.25) is 4.79 Å². The normalized spacial score (nSPS) is 10.2. The molecule has 0 atom stereocenters. The number of halogens is 2. The predicted molar refractivity (Wildman–Crippen MR) is 109 cm³/mol. The zero-order chi connectivity index (χ0) is 18.4. The van der Waals surface area contributed by atoms with Crippen LogP contribution in [0.25, 0.3) is 0 Å². The summed E-state index contributed by atoms with van der Waals surface area (Å²) in [5, 5.41) is 2.79. The van der Waals surface area contributed by atoms with Crippen LogP contribution < -0.4 is 14.8 Å². The summed E-state index contributed by atoms with van der Waals surface area (Å²) in [7, 11) is 0. The lowest BCUT2D eigenvalue weighted by molar-refractivity contribution is -0.118. The van der Waals surface area contributed by atoms with Crippen LogP contribution in [0.4, 0.5) is 5.69 Å². The third-order valence-electron chi connectivity index (χ3n) is 3.37. The van der Waals surface area contributed by atoms with Crippen molar-refractivity contribution in [1.82, 2.24) is 0 Å². The summed E-state index contributed by atoms with van der Waals surface area (Å²) >= 11 is 6.77. The second-order valence-corrected chi connectivity index (χ2v) is 7.12. The summed E-state index contributed by atoms with van der Waals surface area (Å²) in [4.78, 5) is 12.0. The number of carbonyl (C=O) groups excluding carboxylic acids is 1. The summed E-state index contributed by atoms with van der Waals surface area (Å²) in [5.74, 6) is 1.83. The van der Waals surface area contributed by atoms with E-state index >= 15 is 0 Å². The number of nitrogens with one attached hydrogen (secondary N) is 1. The molecular formula is C20H15Br2NO3. The molecule has 3 rings (SSSR count). The molecule has 0 saturated carbocycles. The van der Waals surface area contributed by atoms with Crippen molar-refractivity contribution in [2.45, 2.75) is 0 Å². The van der Waals surface area contributed by atoms with Gasteiger partial charge in [-0.15, -0.1) is 0 Å². The van der Waals surface area contributed by atoms with E-state index in [2.05, 4.69) is 37.2 Å². The molecule has 3 aromatic rings. The number of amides is 1. The second-order valence-electron chi connectivity index (χ2n) is 5.35. The van der Waals surface area contributed by atoms with Crippen molar-refractivity contribution in [3.63, 3.8) is 0 Å². The Morgan fingerprint density at radius 1 is 0.885 bits per heavy atom. The maximum atomic E-state index is 12.0. The van der Waals surface area contributed by atoms with Gasteiger partial charge in [0.25, 0.3) is 5.91 Å². The predicted octanol–water partition coefficient (Wildman–Crippen LogP) is 6.02. The van der Waals surface area contributed by atoms with Crippen molar-refractivity contribution in [3.05, 3.63) is 81.7 Å². The molecular weight excluding hydrogens is 462 g/mol. The lowest BCUT2D eigenvalue weighted by atomic mass is 10.3. The molecule has 0 spiro atoms. The number of carbonyl (C=O) groups is 1. The zero-order valence-electron chi connectivity index (χ0n) is 13.6. The van der Waals surface area contributed by atoms with E-state index in [0.717, 1.165) is 14.7 Å². The van der Waals surface area contributed by atoms with Gasteiger partial charge in [0.05, 0.1) is 4.47 Å². The lowest BCUT2D eigenvalue weighted by Crippen LogP contribution is -2.20. The summed E-state index contributed by atoms with van der Waals surface area (Å²) < 4.78 is 13.0. The highest BCUT2D eigenvalue weighted by atomic mass is 79.9. The van der Waals surface area contributed by atoms with Gasteiger partial charge in [-0.05, 0) is 70.5 Å². The molecule has 26 heavy (non-hydrogen) atoms. The molecule has 4 nitrogen and oxygen atoms in total. The van der Waals surface area contributed by atoms with Gasteiger partial charge in [0.2, 0.25) is 0 Å². The van der Waals surface area contributed by atoms with Gasteiger partial charge in [-0.25, -0.2) is 0 Å². The van der Waals surface area contributed by atoms with Crippen LogP contribution >= 0.6 is 31.9 Å². The number of anilines is 1. The van der Waals surface area contributed by atoms with Crippen LogP contribution in [-0.2, 0) is 4.79 Å². The Morgan fingerprint density at radius 2 is 1.58 bits per heavy atom. The fourth-order valence-corrected chi connectivity index (χ4v) is 3.33. The first kappa shape index (κ1) is 18.5. The fraction of sp³-hybridized carbons (Fsp3) is 0.0500. The summed E-state index contributed by atoms with van der Waals surface area (Å²) in [6.07, 6.45) is 0. The number of rotatable bonds is 6. The molecule has 0 aliphatic heterocycles. The van der Waals surface area contributed by atoms with Crippen LogP contribution in [0.3, 0.4) is 0 Å². The molecule has 3 aromatic carbocycles. The van der Waals surface area contributed by atoms with Crippen molar-refractivity contribution in [3.8, 4) is 17.2 Å². The Kier molecular flexibility index (Phi) is 6.30. The molecule has 0 heterocycles. The Bertz CT molecular complexity index is 883. The standard InChI is InChI=1S/C20H15Br2NO3/c21-14-6-11-19(18(22)12-14)25-13-20(24)23-15-7-9-17(10-8-15)26-16-4-2-1-3-5-16/h1-12H,13H2,(H,23,24). The SMILES string of the molecule is O=C(COc1ccc(Br)cc1Br)Nc1ccc(Oc2ccccc2)cc1. The molecule has 1 N–H and O–H groups in total. The number of hydrogen-bond donors (Lipinski definition) is 1. The van der Waals surface area contributed by atoms with Crippen molar-refractivity contribution < 1.29 is 14.3 Å². The minimum absolute atomic E-state index is 0.0809. The Hall–Kier alpha value is -2.31. The van der Waals surface area contributed by atoms with E-state index in [9.17, 15) is 4.79 Å². The first-order chi connectivity index (χ1) is 12.6. The van der Waals surface area contributed by atoms with Gasteiger partial charge in [0, 0.05) is 10.2 Å². The summed E-state index contributed by atoms with van der Waals surface area (Å²) in [6.45, 7) is -0.0809. The van der Waals surface area contributed by atoms with E-state index in [1.807, 2.05) is 42.5 Å². The second kappa shape index (κ2) is 8.87. The van der Waals surface area contributed by atoms with E-state index in [0.29, 0.717) is 17.2 Å². The molecule has 0 fully saturated rings. The largest absolute Gasteiger partial charge is 0.483 e.